The first kappa shape index (κ1) is 9.26. The quantitative estimate of drug-likeness (QED) is 0.677. The SMILES string of the molecule is COc1ccc2c(c1)CC[C@@H]1CCC[C@@H]21. The molecule has 0 radical (unpaired) electrons. The van der Waals surface area contributed by atoms with E-state index in [2.05, 4.69) is 18.2 Å². The second-order valence-electron chi connectivity index (χ2n) is 4.90. The van der Waals surface area contributed by atoms with E-state index in [9.17, 15) is 0 Å². The Balaban J connectivity index is 2.00. The van der Waals surface area contributed by atoms with Gasteiger partial charge in [0.15, 0.2) is 0 Å². The lowest BCUT2D eigenvalue weighted by Crippen LogP contribution is -2.15. The Labute approximate surface area is 91.5 Å². The van der Waals surface area contributed by atoms with Gasteiger partial charge in [-0.25, -0.2) is 0 Å². The second-order valence-corrected chi connectivity index (χ2v) is 4.90. The average Bonchev–Trinajstić information content (AvgIpc) is 2.76. The Bertz CT molecular complexity index is 370. The minimum Gasteiger partial charge on any atom is -0.497 e. The molecule has 0 bridgehead atoms. The molecule has 0 N–H and O–H groups in total. The zero-order chi connectivity index (χ0) is 10.3. The van der Waals surface area contributed by atoms with E-state index in [1.807, 2.05) is 0 Å². The molecule has 0 heterocycles. The summed E-state index contributed by atoms with van der Waals surface area (Å²) in [5.74, 6) is 2.86. The number of hydrogen-bond acceptors (Lipinski definition) is 1. The van der Waals surface area contributed by atoms with Gasteiger partial charge in [-0.1, -0.05) is 12.5 Å². The van der Waals surface area contributed by atoms with Crippen molar-refractivity contribution in [2.45, 2.75) is 38.0 Å². The molecule has 1 aromatic rings. The molecular formula is C14H18O. The van der Waals surface area contributed by atoms with Gasteiger partial charge in [-0.05, 0) is 60.8 Å². The molecule has 1 saturated carbocycles. The maximum absolute atomic E-state index is 5.29. The molecule has 80 valence electrons. The van der Waals surface area contributed by atoms with Gasteiger partial charge in [-0.2, -0.15) is 0 Å². The molecule has 1 aromatic carbocycles. The molecule has 0 aromatic heterocycles. The fourth-order valence-corrected chi connectivity index (χ4v) is 3.42. The summed E-state index contributed by atoms with van der Waals surface area (Å²) < 4.78 is 5.29. The minimum atomic E-state index is 0.861. The van der Waals surface area contributed by atoms with Gasteiger partial charge in [0.2, 0.25) is 0 Å². The maximum atomic E-state index is 5.29. The Hall–Kier alpha value is -0.980. The smallest absolute Gasteiger partial charge is 0.119 e. The number of rotatable bonds is 1. The van der Waals surface area contributed by atoms with Crippen molar-refractivity contribution in [2.75, 3.05) is 7.11 Å². The van der Waals surface area contributed by atoms with Crippen LogP contribution in [0.3, 0.4) is 0 Å². The third kappa shape index (κ3) is 1.45. The van der Waals surface area contributed by atoms with E-state index in [-0.39, 0.29) is 0 Å². The lowest BCUT2D eigenvalue weighted by Gasteiger charge is -2.28. The molecular weight excluding hydrogens is 184 g/mol. The number of hydrogen-bond donors (Lipinski definition) is 0. The molecule has 0 saturated heterocycles. The molecule has 0 spiro atoms. The average molecular weight is 202 g/mol. The molecule has 1 heteroatoms. The van der Waals surface area contributed by atoms with Crippen molar-refractivity contribution in [3.63, 3.8) is 0 Å². The first-order valence-electron chi connectivity index (χ1n) is 6.05. The zero-order valence-electron chi connectivity index (χ0n) is 9.33. The summed E-state index contributed by atoms with van der Waals surface area (Å²) in [7, 11) is 1.75. The molecule has 2 atom stereocenters. The van der Waals surface area contributed by atoms with Crippen LogP contribution in [0.25, 0.3) is 0 Å². The number of benzene rings is 1. The molecule has 0 amide bonds. The Morgan fingerprint density at radius 1 is 1.20 bits per heavy atom. The standard InChI is InChI=1S/C14H18O/c1-15-12-7-8-14-11(9-12)6-5-10-3-2-4-13(10)14/h7-10,13H,2-6H2,1H3/t10-,13+/m0/s1. The highest BCUT2D eigenvalue weighted by atomic mass is 16.5. The summed E-state index contributed by atoms with van der Waals surface area (Å²) in [4.78, 5) is 0. The molecule has 1 nitrogen and oxygen atoms in total. The molecule has 0 aliphatic heterocycles. The summed E-state index contributed by atoms with van der Waals surface area (Å²) in [5.41, 5.74) is 3.15. The number of aryl methyl sites for hydroxylation is 1. The normalized spacial score (nSPS) is 28.3. The van der Waals surface area contributed by atoms with Crippen molar-refractivity contribution in [2.24, 2.45) is 5.92 Å². The fraction of sp³-hybridized carbons (Fsp3) is 0.571. The van der Waals surface area contributed by atoms with Gasteiger partial charge in [0.05, 0.1) is 7.11 Å². The Morgan fingerprint density at radius 2 is 2.13 bits per heavy atom. The predicted molar refractivity (Wildman–Crippen MR) is 61.4 cm³/mol. The predicted octanol–water partition coefficient (Wildman–Crippen LogP) is 3.53. The van der Waals surface area contributed by atoms with Gasteiger partial charge >= 0.3 is 0 Å². The van der Waals surface area contributed by atoms with Crippen molar-refractivity contribution >= 4 is 0 Å². The van der Waals surface area contributed by atoms with E-state index in [0.29, 0.717) is 0 Å². The Morgan fingerprint density at radius 3 is 3.00 bits per heavy atom. The van der Waals surface area contributed by atoms with Crippen LogP contribution < -0.4 is 4.74 Å². The van der Waals surface area contributed by atoms with Crippen LogP contribution in [-0.4, -0.2) is 7.11 Å². The molecule has 1 fully saturated rings. The van der Waals surface area contributed by atoms with E-state index in [4.69, 9.17) is 4.74 Å². The van der Waals surface area contributed by atoms with Gasteiger partial charge in [0.1, 0.15) is 5.75 Å². The van der Waals surface area contributed by atoms with Crippen molar-refractivity contribution in [3.8, 4) is 5.75 Å². The fourth-order valence-electron chi connectivity index (χ4n) is 3.42. The van der Waals surface area contributed by atoms with E-state index < -0.39 is 0 Å². The second kappa shape index (κ2) is 3.55. The molecule has 2 aliphatic rings. The van der Waals surface area contributed by atoms with Crippen molar-refractivity contribution in [3.05, 3.63) is 29.3 Å². The zero-order valence-corrected chi connectivity index (χ0v) is 9.33. The lowest BCUT2D eigenvalue weighted by atomic mass is 9.77. The largest absolute Gasteiger partial charge is 0.497 e. The highest BCUT2D eigenvalue weighted by Crippen LogP contribution is 2.47. The topological polar surface area (TPSA) is 9.23 Å². The van der Waals surface area contributed by atoms with Gasteiger partial charge < -0.3 is 4.74 Å². The molecule has 0 unspecified atom stereocenters. The number of ether oxygens (including phenoxy) is 1. The van der Waals surface area contributed by atoms with Crippen molar-refractivity contribution < 1.29 is 4.74 Å². The molecule has 2 aliphatic carbocycles. The van der Waals surface area contributed by atoms with Crippen LogP contribution in [0.1, 0.15) is 42.7 Å². The van der Waals surface area contributed by atoms with Gasteiger partial charge in [-0.15, -0.1) is 0 Å². The summed E-state index contributed by atoms with van der Waals surface area (Å²) in [6.45, 7) is 0. The van der Waals surface area contributed by atoms with Gasteiger partial charge in [-0.3, -0.25) is 0 Å². The van der Waals surface area contributed by atoms with Gasteiger partial charge in [0, 0.05) is 0 Å². The van der Waals surface area contributed by atoms with Crippen molar-refractivity contribution in [1.29, 1.82) is 0 Å². The van der Waals surface area contributed by atoms with E-state index in [1.165, 1.54) is 37.7 Å². The molecule has 15 heavy (non-hydrogen) atoms. The van der Waals surface area contributed by atoms with Crippen LogP contribution >= 0.6 is 0 Å². The first-order chi connectivity index (χ1) is 7.38. The summed E-state index contributed by atoms with van der Waals surface area (Å²) in [6, 6.07) is 6.67. The van der Waals surface area contributed by atoms with Crippen LogP contribution in [-0.2, 0) is 6.42 Å². The highest BCUT2D eigenvalue weighted by molar-refractivity contribution is 5.40. The molecule has 3 rings (SSSR count). The van der Waals surface area contributed by atoms with Crippen LogP contribution in [0, 0.1) is 5.92 Å². The van der Waals surface area contributed by atoms with Crippen LogP contribution in [0.5, 0.6) is 5.75 Å². The van der Waals surface area contributed by atoms with Crippen molar-refractivity contribution in [1.82, 2.24) is 0 Å². The van der Waals surface area contributed by atoms with E-state index in [0.717, 1.165) is 17.6 Å². The summed E-state index contributed by atoms with van der Waals surface area (Å²) >= 11 is 0. The highest BCUT2D eigenvalue weighted by Gasteiger charge is 2.33. The monoisotopic (exact) mass is 202 g/mol. The van der Waals surface area contributed by atoms with Crippen LogP contribution in [0.15, 0.2) is 18.2 Å². The van der Waals surface area contributed by atoms with Gasteiger partial charge in [0.25, 0.3) is 0 Å². The lowest BCUT2D eigenvalue weighted by molar-refractivity contribution is 0.404. The third-order valence-corrected chi connectivity index (χ3v) is 4.19. The van der Waals surface area contributed by atoms with Crippen LogP contribution in [0.4, 0.5) is 0 Å². The summed E-state index contributed by atoms with van der Waals surface area (Å²) in [5, 5.41) is 0. The number of methoxy groups -OCH3 is 1. The third-order valence-electron chi connectivity index (χ3n) is 4.19. The maximum Gasteiger partial charge on any atom is 0.119 e. The number of fused-ring (bicyclic) bond motifs is 3. The minimum absolute atomic E-state index is 0.861. The van der Waals surface area contributed by atoms with E-state index >= 15 is 0 Å². The van der Waals surface area contributed by atoms with E-state index in [1.54, 1.807) is 12.7 Å². The first-order valence-corrected chi connectivity index (χ1v) is 6.05. The van der Waals surface area contributed by atoms with Crippen LogP contribution in [0.2, 0.25) is 0 Å². The Kier molecular flexibility index (Phi) is 2.19. The summed E-state index contributed by atoms with van der Waals surface area (Å²) in [6.07, 6.45) is 6.94.